The molecule has 1 N–H and O–H groups in total. The van der Waals surface area contributed by atoms with Crippen molar-refractivity contribution < 1.29 is 16.4 Å². The molecule has 2 unspecified atom stereocenters. The number of halogens is 2. The third-order valence-corrected chi connectivity index (χ3v) is 9.10. The van der Waals surface area contributed by atoms with Crippen LogP contribution in [0.15, 0.2) is 11.4 Å². The van der Waals surface area contributed by atoms with Gasteiger partial charge in [0.2, 0.25) is 0 Å². The molecule has 33 heavy (non-hydrogen) atoms. The Bertz CT molecular complexity index is 968. The molecule has 4 fully saturated rings. The Morgan fingerprint density at radius 3 is 2.58 bits per heavy atom. The number of likely N-dealkylation sites (tertiary alicyclic amines) is 1. The zero-order chi connectivity index (χ0) is 22.4. The number of aromatic nitrogens is 2. The van der Waals surface area contributed by atoms with Crippen molar-refractivity contribution in [1.82, 2.24) is 15.1 Å². The zero-order valence-corrected chi connectivity index (χ0v) is 19.8. The van der Waals surface area contributed by atoms with Gasteiger partial charge in [0.1, 0.15) is 0 Å². The average Bonchev–Trinajstić information content (AvgIpc) is 3.50. The third-order valence-electron chi connectivity index (χ3n) is 8.19. The second kappa shape index (κ2) is 8.89. The Hall–Kier alpha value is -1.58. The molecule has 9 heteroatoms. The van der Waals surface area contributed by atoms with Crippen molar-refractivity contribution in [2.45, 2.75) is 50.5 Å². The van der Waals surface area contributed by atoms with Crippen molar-refractivity contribution in [2.24, 2.45) is 17.8 Å². The summed E-state index contributed by atoms with van der Waals surface area (Å²) in [5.74, 6) is 1.39. The van der Waals surface area contributed by atoms with Gasteiger partial charge in [-0.25, -0.2) is 8.78 Å². The molecule has 0 bridgehead atoms. The Morgan fingerprint density at radius 1 is 1.12 bits per heavy atom. The summed E-state index contributed by atoms with van der Waals surface area (Å²) >= 11 is 1.63. The first-order valence-electron chi connectivity index (χ1n) is 12.5. The number of nitrogens with one attached hydrogen (secondary N) is 1. The normalized spacial score (nSPS) is 30.7. The zero-order valence-electron chi connectivity index (χ0n) is 19.0. The molecule has 1 saturated carbocycles. The Morgan fingerprint density at radius 2 is 1.85 bits per heavy atom. The maximum Gasteiger partial charge on any atom is 0.251 e. The lowest BCUT2D eigenvalue weighted by molar-refractivity contribution is -0.0221. The molecule has 5 heterocycles. The topological polar surface area (TPSA) is 53.5 Å². The molecule has 0 aromatic carbocycles. The minimum Gasteiger partial charge on any atom is -0.381 e. The van der Waals surface area contributed by atoms with Gasteiger partial charge in [0.05, 0.1) is 4.70 Å². The second-order valence-electron chi connectivity index (χ2n) is 10.5. The van der Waals surface area contributed by atoms with Crippen LogP contribution < -0.4 is 10.2 Å². The van der Waals surface area contributed by atoms with E-state index in [0.29, 0.717) is 19.1 Å². The summed E-state index contributed by atoms with van der Waals surface area (Å²) < 4.78 is 33.8. The smallest absolute Gasteiger partial charge is 0.251 e. The van der Waals surface area contributed by atoms with Gasteiger partial charge in [-0.2, -0.15) is 0 Å². The molecule has 3 atom stereocenters. The minimum atomic E-state index is -2.55. The minimum absolute atomic E-state index is 0. The predicted octanol–water partition coefficient (Wildman–Crippen LogP) is 4.97. The Balaban J connectivity index is 0.00000144. The number of alkyl halides is 2. The standard InChI is InChI=1S/C24H33F2N5OS.2H2/c25-24(26)4-6-31(7-5-24)23-21-20(3-10-33-21)22(28-29-23)27-19-11-17-14-30(15-18(17)12-19)13-16-1-8-32-9-2-16;;/h3,10,16-19H,1-2,4-9,11-15H2,(H,27,28);2*1H/t17-,18?,19?;;/m1../s1. The van der Waals surface area contributed by atoms with E-state index in [1.165, 1.54) is 45.3 Å². The maximum atomic E-state index is 13.6. The largest absolute Gasteiger partial charge is 0.381 e. The number of fused-ring (bicyclic) bond motifs is 2. The van der Waals surface area contributed by atoms with Gasteiger partial charge in [-0.15, -0.1) is 21.5 Å². The highest BCUT2D eigenvalue weighted by molar-refractivity contribution is 7.17. The monoisotopic (exact) mass is 481 g/mol. The first kappa shape index (κ1) is 21.9. The van der Waals surface area contributed by atoms with Gasteiger partial charge in [0.25, 0.3) is 5.92 Å². The van der Waals surface area contributed by atoms with Gasteiger partial charge >= 0.3 is 0 Å². The van der Waals surface area contributed by atoms with E-state index in [1.54, 1.807) is 11.3 Å². The van der Waals surface area contributed by atoms with Gasteiger partial charge in [-0.1, -0.05) is 0 Å². The number of rotatable bonds is 5. The van der Waals surface area contributed by atoms with Gasteiger partial charge in [-0.05, 0) is 54.9 Å². The van der Waals surface area contributed by atoms with Crippen molar-refractivity contribution >= 4 is 33.1 Å². The Labute approximate surface area is 200 Å². The lowest BCUT2D eigenvalue weighted by atomic mass is 10.00. The Kier molecular flexibility index (Phi) is 5.91. The molecule has 2 aromatic rings. The van der Waals surface area contributed by atoms with Crippen molar-refractivity contribution in [1.29, 1.82) is 0 Å². The maximum absolute atomic E-state index is 13.6. The van der Waals surface area contributed by atoms with Crippen molar-refractivity contribution in [3.8, 4) is 0 Å². The average molecular weight is 482 g/mol. The SMILES string of the molecule is FC1(F)CCN(c2nnc(NC3CC4CN(CC5CCOCC5)C[C@H]4C3)c3ccsc23)CC1.[HH].[HH]. The molecule has 184 valence electrons. The molecule has 2 aromatic heterocycles. The van der Waals surface area contributed by atoms with Crippen LogP contribution >= 0.6 is 11.3 Å². The number of thiophene rings is 1. The molecule has 3 aliphatic heterocycles. The molecule has 0 amide bonds. The quantitative estimate of drug-likeness (QED) is 0.651. The van der Waals surface area contributed by atoms with Crippen LogP contribution in [0.4, 0.5) is 20.4 Å². The van der Waals surface area contributed by atoms with Crippen LogP contribution in [0.5, 0.6) is 0 Å². The van der Waals surface area contributed by atoms with Crippen LogP contribution in [-0.4, -0.2) is 73.0 Å². The number of anilines is 2. The van der Waals surface area contributed by atoms with Gasteiger partial charge in [0, 0.05) is 73.1 Å². The predicted molar refractivity (Wildman–Crippen MR) is 132 cm³/mol. The number of piperidine rings is 1. The molecule has 0 spiro atoms. The summed E-state index contributed by atoms with van der Waals surface area (Å²) in [6.45, 7) is 6.20. The van der Waals surface area contributed by atoms with Crippen LogP contribution in [0.3, 0.4) is 0 Å². The van der Waals surface area contributed by atoms with Crippen LogP contribution in [0.2, 0.25) is 0 Å². The molecule has 0 radical (unpaired) electrons. The molecule has 3 saturated heterocycles. The van der Waals surface area contributed by atoms with Crippen LogP contribution in [0.1, 0.15) is 41.4 Å². The molecule has 6 nitrogen and oxygen atoms in total. The van der Waals surface area contributed by atoms with Gasteiger partial charge in [0.15, 0.2) is 11.6 Å². The second-order valence-corrected chi connectivity index (χ2v) is 11.4. The third kappa shape index (κ3) is 4.56. The number of ether oxygens (including phenoxy) is 1. The van der Waals surface area contributed by atoms with E-state index >= 15 is 0 Å². The first-order valence-corrected chi connectivity index (χ1v) is 13.4. The highest BCUT2D eigenvalue weighted by Crippen LogP contribution is 2.41. The summed E-state index contributed by atoms with van der Waals surface area (Å²) in [7, 11) is 0. The van der Waals surface area contributed by atoms with E-state index in [2.05, 4.69) is 31.9 Å². The van der Waals surface area contributed by atoms with E-state index in [0.717, 1.165) is 52.7 Å². The van der Waals surface area contributed by atoms with Crippen LogP contribution in [0.25, 0.3) is 10.1 Å². The van der Waals surface area contributed by atoms with Crippen molar-refractivity contribution in [2.75, 3.05) is 56.2 Å². The summed E-state index contributed by atoms with van der Waals surface area (Å²) in [4.78, 5) is 4.66. The fourth-order valence-electron chi connectivity index (χ4n) is 6.38. The molecular formula is C24H37F2N5OS. The van der Waals surface area contributed by atoms with E-state index in [1.807, 2.05) is 4.90 Å². The molecule has 6 rings (SSSR count). The van der Waals surface area contributed by atoms with E-state index in [4.69, 9.17) is 4.74 Å². The highest BCUT2D eigenvalue weighted by Gasteiger charge is 2.41. The number of hydrogen-bond donors (Lipinski definition) is 1. The van der Waals surface area contributed by atoms with Crippen molar-refractivity contribution in [3.63, 3.8) is 0 Å². The van der Waals surface area contributed by atoms with Crippen LogP contribution in [0, 0.1) is 17.8 Å². The fraction of sp³-hybridized carbons (Fsp3) is 0.750. The van der Waals surface area contributed by atoms with E-state index in [9.17, 15) is 8.78 Å². The van der Waals surface area contributed by atoms with Crippen molar-refractivity contribution in [3.05, 3.63) is 11.4 Å². The van der Waals surface area contributed by atoms with E-state index < -0.39 is 5.92 Å². The lowest BCUT2D eigenvalue weighted by Gasteiger charge is -2.32. The fourth-order valence-corrected chi connectivity index (χ4v) is 7.28. The lowest BCUT2D eigenvalue weighted by Crippen LogP contribution is -2.39. The molecule has 4 aliphatic rings. The number of nitrogens with zero attached hydrogens (tertiary/aromatic N) is 4. The molecular weight excluding hydrogens is 444 g/mol. The van der Waals surface area contributed by atoms with Gasteiger partial charge < -0.3 is 19.9 Å². The first-order chi connectivity index (χ1) is 16.0. The number of hydrogen-bond acceptors (Lipinski definition) is 7. The highest BCUT2D eigenvalue weighted by atomic mass is 32.1. The van der Waals surface area contributed by atoms with Gasteiger partial charge in [-0.3, -0.25) is 0 Å². The summed E-state index contributed by atoms with van der Waals surface area (Å²) in [5, 5.41) is 15.9. The summed E-state index contributed by atoms with van der Waals surface area (Å²) in [5.41, 5.74) is 0. The summed E-state index contributed by atoms with van der Waals surface area (Å²) in [6, 6.07) is 2.52. The van der Waals surface area contributed by atoms with Crippen LogP contribution in [-0.2, 0) is 4.74 Å². The molecule has 1 aliphatic carbocycles. The van der Waals surface area contributed by atoms with E-state index in [-0.39, 0.29) is 15.7 Å². The summed E-state index contributed by atoms with van der Waals surface area (Å²) in [6.07, 6.45) is 4.56.